The van der Waals surface area contributed by atoms with E-state index >= 15 is 0 Å². The van der Waals surface area contributed by atoms with Gasteiger partial charge in [0.25, 0.3) is 0 Å². The van der Waals surface area contributed by atoms with Crippen molar-refractivity contribution in [2.75, 3.05) is 0 Å². The van der Waals surface area contributed by atoms with Crippen molar-refractivity contribution in [3.8, 4) is 0 Å². The predicted molar refractivity (Wildman–Crippen MR) is 49.2 cm³/mol. The van der Waals surface area contributed by atoms with E-state index in [-0.39, 0.29) is 6.42 Å². The van der Waals surface area contributed by atoms with Gasteiger partial charge < -0.3 is 10.2 Å². The van der Waals surface area contributed by atoms with Gasteiger partial charge in [0.05, 0.1) is 9.21 Å². The van der Waals surface area contributed by atoms with E-state index < -0.39 is 11.6 Å². The largest absolute Gasteiger partial charge is 0.479 e. The fourth-order valence-corrected chi connectivity index (χ4v) is 2.97. The van der Waals surface area contributed by atoms with Gasteiger partial charge in [-0.05, 0) is 24.5 Å². The summed E-state index contributed by atoms with van der Waals surface area (Å²) >= 11 is 6.87. The molecular weight excluding hydrogens is 212 g/mol. The van der Waals surface area contributed by atoms with Crippen LogP contribution in [0.4, 0.5) is 0 Å². The molecule has 1 aromatic rings. The van der Waals surface area contributed by atoms with Crippen molar-refractivity contribution in [1.29, 1.82) is 0 Å². The Morgan fingerprint density at radius 1 is 1.69 bits per heavy atom. The summed E-state index contributed by atoms with van der Waals surface area (Å²) in [4.78, 5) is 11.3. The Kier molecular flexibility index (Phi) is 1.87. The Labute approximate surface area is 83.6 Å². The maximum Gasteiger partial charge on any atom is 0.341 e. The number of carboxylic acid groups (broad SMARTS) is 1. The third-order valence-electron chi connectivity index (χ3n) is 2.26. The molecule has 0 fully saturated rings. The molecule has 1 atom stereocenters. The molecule has 2 rings (SSSR count). The van der Waals surface area contributed by atoms with E-state index in [1.54, 1.807) is 6.07 Å². The van der Waals surface area contributed by atoms with Crippen molar-refractivity contribution in [2.45, 2.75) is 18.4 Å². The average molecular weight is 219 g/mol. The van der Waals surface area contributed by atoms with Gasteiger partial charge in [-0.15, -0.1) is 11.3 Å². The summed E-state index contributed by atoms with van der Waals surface area (Å²) in [6.07, 6.45) is 0.835. The summed E-state index contributed by atoms with van der Waals surface area (Å²) in [6, 6.07) is 1.72. The van der Waals surface area contributed by atoms with E-state index in [1.807, 2.05) is 0 Å². The van der Waals surface area contributed by atoms with Gasteiger partial charge in [-0.2, -0.15) is 0 Å². The molecule has 1 aliphatic rings. The van der Waals surface area contributed by atoms with E-state index in [2.05, 4.69) is 0 Å². The molecule has 13 heavy (non-hydrogen) atoms. The number of rotatable bonds is 1. The van der Waals surface area contributed by atoms with Crippen molar-refractivity contribution in [3.05, 3.63) is 20.8 Å². The Morgan fingerprint density at radius 3 is 3.00 bits per heavy atom. The van der Waals surface area contributed by atoms with Crippen LogP contribution in [0.1, 0.15) is 16.9 Å². The molecule has 5 heteroatoms. The van der Waals surface area contributed by atoms with Gasteiger partial charge in [0.15, 0.2) is 5.60 Å². The molecule has 0 aliphatic heterocycles. The van der Waals surface area contributed by atoms with Crippen LogP contribution in [-0.2, 0) is 16.8 Å². The highest BCUT2D eigenvalue weighted by atomic mass is 35.5. The lowest BCUT2D eigenvalue weighted by Crippen LogP contribution is -2.31. The number of aliphatic hydroxyl groups is 1. The topological polar surface area (TPSA) is 57.5 Å². The van der Waals surface area contributed by atoms with Crippen LogP contribution in [-0.4, -0.2) is 16.2 Å². The molecule has 2 N–H and O–H groups in total. The molecule has 0 radical (unpaired) electrons. The number of halogens is 1. The molecule has 3 nitrogen and oxygen atoms in total. The van der Waals surface area contributed by atoms with Crippen LogP contribution in [0.25, 0.3) is 0 Å². The average Bonchev–Trinajstić information content (AvgIpc) is 2.53. The van der Waals surface area contributed by atoms with Gasteiger partial charge in [0.1, 0.15) is 0 Å². The molecule has 0 saturated heterocycles. The zero-order valence-electron chi connectivity index (χ0n) is 6.58. The summed E-state index contributed by atoms with van der Waals surface area (Å²) in [5.74, 6) is -1.19. The highest BCUT2D eigenvalue weighted by Crippen LogP contribution is 2.43. The highest BCUT2D eigenvalue weighted by molar-refractivity contribution is 7.16. The molecule has 0 bridgehead atoms. The Morgan fingerprint density at radius 2 is 2.38 bits per heavy atom. The van der Waals surface area contributed by atoms with Crippen LogP contribution in [0.15, 0.2) is 6.07 Å². The first kappa shape index (κ1) is 8.99. The molecule has 0 amide bonds. The molecule has 70 valence electrons. The predicted octanol–water partition coefficient (Wildman–Crippen LogP) is 1.62. The second-order valence-electron chi connectivity index (χ2n) is 3.07. The summed E-state index contributed by atoms with van der Waals surface area (Å²) in [6.45, 7) is 0. The third kappa shape index (κ3) is 1.17. The maximum absolute atomic E-state index is 10.8. The van der Waals surface area contributed by atoms with Crippen molar-refractivity contribution in [2.24, 2.45) is 0 Å². The molecule has 0 spiro atoms. The molecule has 1 unspecified atom stereocenters. The van der Waals surface area contributed by atoms with Crippen molar-refractivity contribution in [3.63, 3.8) is 0 Å². The van der Waals surface area contributed by atoms with Crippen LogP contribution in [0.3, 0.4) is 0 Å². The van der Waals surface area contributed by atoms with Crippen molar-refractivity contribution in [1.82, 2.24) is 0 Å². The second kappa shape index (κ2) is 2.70. The molecular formula is C8H7ClO3S. The Bertz CT molecular complexity index is 373. The van der Waals surface area contributed by atoms with Crippen LogP contribution < -0.4 is 0 Å². The number of aliphatic carboxylic acids is 1. The summed E-state index contributed by atoms with van der Waals surface area (Å²) in [7, 11) is 0. The molecule has 0 saturated carbocycles. The first-order valence-corrected chi connectivity index (χ1v) is 4.98. The SMILES string of the molecule is O=C(O)C1(O)CCc2cc(Cl)sc21. The van der Waals surface area contributed by atoms with E-state index in [0.29, 0.717) is 15.6 Å². The number of aryl methyl sites for hydroxylation is 1. The lowest BCUT2D eigenvalue weighted by Gasteiger charge is -2.15. The highest BCUT2D eigenvalue weighted by Gasteiger charge is 2.45. The Hall–Kier alpha value is -0.580. The van der Waals surface area contributed by atoms with Gasteiger partial charge >= 0.3 is 5.97 Å². The standard InChI is InChI=1S/C8H7ClO3S/c9-5-3-4-1-2-8(12,7(10)11)6(4)13-5/h3,12H,1-2H2,(H,10,11). The number of carboxylic acids is 1. The minimum Gasteiger partial charge on any atom is -0.479 e. The lowest BCUT2D eigenvalue weighted by atomic mass is 10.0. The Balaban J connectivity index is 2.53. The third-order valence-corrected chi connectivity index (χ3v) is 3.72. The van der Waals surface area contributed by atoms with Gasteiger partial charge in [0, 0.05) is 0 Å². The van der Waals surface area contributed by atoms with Crippen LogP contribution >= 0.6 is 22.9 Å². The van der Waals surface area contributed by atoms with E-state index in [1.165, 1.54) is 0 Å². The number of fused-ring (bicyclic) bond motifs is 1. The number of hydrogen-bond acceptors (Lipinski definition) is 3. The van der Waals surface area contributed by atoms with E-state index in [9.17, 15) is 9.90 Å². The number of carbonyl (C=O) groups is 1. The fraction of sp³-hybridized carbons (Fsp3) is 0.375. The minimum atomic E-state index is -1.70. The fourth-order valence-electron chi connectivity index (χ4n) is 1.56. The van der Waals surface area contributed by atoms with Crippen molar-refractivity contribution < 1.29 is 15.0 Å². The monoisotopic (exact) mass is 218 g/mol. The first-order chi connectivity index (χ1) is 6.04. The zero-order chi connectivity index (χ0) is 9.64. The normalized spacial score (nSPS) is 26.0. The first-order valence-electron chi connectivity index (χ1n) is 3.78. The van der Waals surface area contributed by atoms with Crippen LogP contribution in [0, 0.1) is 0 Å². The lowest BCUT2D eigenvalue weighted by molar-refractivity contribution is -0.159. The number of hydrogen-bond donors (Lipinski definition) is 2. The van der Waals surface area contributed by atoms with Gasteiger partial charge in [-0.25, -0.2) is 4.79 Å². The number of thiophene rings is 1. The minimum absolute atomic E-state index is 0.251. The van der Waals surface area contributed by atoms with Gasteiger partial charge in [-0.3, -0.25) is 0 Å². The van der Waals surface area contributed by atoms with Crippen LogP contribution in [0.2, 0.25) is 4.34 Å². The smallest absolute Gasteiger partial charge is 0.341 e. The molecule has 0 aromatic carbocycles. The zero-order valence-corrected chi connectivity index (χ0v) is 8.15. The second-order valence-corrected chi connectivity index (χ2v) is 4.75. The molecule has 1 aliphatic carbocycles. The van der Waals surface area contributed by atoms with Gasteiger partial charge in [0.2, 0.25) is 0 Å². The molecule has 1 aromatic heterocycles. The quantitative estimate of drug-likeness (QED) is 0.753. The van der Waals surface area contributed by atoms with E-state index in [0.717, 1.165) is 16.9 Å². The summed E-state index contributed by atoms with van der Waals surface area (Å²) in [5, 5.41) is 18.6. The summed E-state index contributed by atoms with van der Waals surface area (Å²) in [5.41, 5.74) is -0.840. The summed E-state index contributed by atoms with van der Waals surface area (Å²) < 4.78 is 0.532. The maximum atomic E-state index is 10.8. The van der Waals surface area contributed by atoms with Crippen molar-refractivity contribution >= 4 is 28.9 Å². The molecule has 1 heterocycles. The van der Waals surface area contributed by atoms with E-state index in [4.69, 9.17) is 16.7 Å². The van der Waals surface area contributed by atoms with Gasteiger partial charge in [-0.1, -0.05) is 11.6 Å². The van der Waals surface area contributed by atoms with Crippen LogP contribution in [0.5, 0.6) is 0 Å².